The Balaban J connectivity index is 1.78. The molecule has 0 spiro atoms. The molecule has 30 heavy (non-hydrogen) atoms. The van der Waals surface area contributed by atoms with Crippen LogP contribution in [0.3, 0.4) is 0 Å². The number of carbonyl (C=O) groups excluding carboxylic acids is 1. The third-order valence-corrected chi connectivity index (χ3v) is 8.19. The van der Waals surface area contributed by atoms with Crippen molar-refractivity contribution in [3.63, 3.8) is 0 Å². The second-order valence-corrected chi connectivity index (χ2v) is 10.9. The zero-order valence-electron chi connectivity index (χ0n) is 16.9. The van der Waals surface area contributed by atoms with Crippen LogP contribution in [0.4, 0.5) is 11.4 Å². The van der Waals surface area contributed by atoms with Gasteiger partial charge >= 0.3 is 0 Å². The summed E-state index contributed by atoms with van der Waals surface area (Å²) in [6.45, 7) is 3.99. The van der Waals surface area contributed by atoms with Gasteiger partial charge in [0.1, 0.15) is 0 Å². The molecule has 10 heteroatoms. The third kappa shape index (κ3) is 5.00. The number of hydrogen-bond acceptors (Lipinski definition) is 5. The Morgan fingerprint density at radius 2 is 1.63 bits per heavy atom. The van der Waals surface area contributed by atoms with Crippen molar-refractivity contribution in [3.8, 4) is 0 Å². The predicted molar refractivity (Wildman–Crippen MR) is 116 cm³/mol. The summed E-state index contributed by atoms with van der Waals surface area (Å²) in [5.41, 5.74) is 2.69. The first-order chi connectivity index (χ1) is 14.1. The van der Waals surface area contributed by atoms with E-state index in [4.69, 9.17) is 0 Å². The van der Waals surface area contributed by atoms with Gasteiger partial charge in [-0.15, -0.1) is 0 Å². The SMILES string of the molecule is CCC(=O)Nc1ccc(S(=O)(=O)Nc2ccc3c(c2)CN(S(=O)(=O)CC)CC3)cc1. The molecule has 1 heterocycles. The van der Waals surface area contributed by atoms with Gasteiger partial charge in [0.05, 0.1) is 10.6 Å². The quantitative estimate of drug-likeness (QED) is 0.672. The summed E-state index contributed by atoms with van der Waals surface area (Å²) in [6, 6.07) is 11.1. The second-order valence-electron chi connectivity index (χ2n) is 7.00. The van der Waals surface area contributed by atoms with Crippen molar-refractivity contribution in [3.05, 3.63) is 53.6 Å². The first-order valence-corrected chi connectivity index (χ1v) is 12.8. The molecule has 8 nitrogen and oxygen atoms in total. The highest BCUT2D eigenvalue weighted by Crippen LogP contribution is 2.26. The number of sulfonamides is 2. The molecule has 0 bridgehead atoms. The fraction of sp³-hybridized carbons (Fsp3) is 0.350. The molecule has 2 N–H and O–H groups in total. The monoisotopic (exact) mass is 451 g/mol. The van der Waals surface area contributed by atoms with Crippen LogP contribution in [-0.4, -0.2) is 39.3 Å². The van der Waals surface area contributed by atoms with Crippen molar-refractivity contribution in [2.75, 3.05) is 22.3 Å². The summed E-state index contributed by atoms with van der Waals surface area (Å²) in [5, 5.41) is 2.67. The van der Waals surface area contributed by atoms with Crippen molar-refractivity contribution < 1.29 is 21.6 Å². The van der Waals surface area contributed by atoms with E-state index >= 15 is 0 Å². The summed E-state index contributed by atoms with van der Waals surface area (Å²) in [7, 11) is -7.14. The Hall–Kier alpha value is -2.43. The summed E-state index contributed by atoms with van der Waals surface area (Å²) in [5.74, 6) is -0.125. The highest BCUT2D eigenvalue weighted by molar-refractivity contribution is 7.92. The van der Waals surface area contributed by atoms with E-state index in [1.54, 1.807) is 26.0 Å². The summed E-state index contributed by atoms with van der Waals surface area (Å²) >= 11 is 0. The Bertz CT molecular complexity index is 1140. The molecule has 0 aromatic heterocycles. The summed E-state index contributed by atoms with van der Waals surface area (Å²) in [4.78, 5) is 11.5. The molecule has 2 aromatic rings. The zero-order chi connectivity index (χ0) is 21.9. The Morgan fingerprint density at radius 3 is 2.27 bits per heavy atom. The fourth-order valence-electron chi connectivity index (χ4n) is 3.20. The number of fused-ring (bicyclic) bond motifs is 1. The smallest absolute Gasteiger partial charge is 0.261 e. The van der Waals surface area contributed by atoms with Crippen LogP contribution in [0.2, 0.25) is 0 Å². The highest BCUT2D eigenvalue weighted by atomic mass is 32.2. The Morgan fingerprint density at radius 1 is 0.967 bits per heavy atom. The van der Waals surface area contributed by atoms with E-state index in [9.17, 15) is 21.6 Å². The van der Waals surface area contributed by atoms with Crippen LogP contribution in [0.25, 0.3) is 0 Å². The van der Waals surface area contributed by atoms with Gasteiger partial charge in [-0.25, -0.2) is 16.8 Å². The Labute approximate surface area is 177 Å². The number of anilines is 2. The second kappa shape index (κ2) is 8.75. The molecular weight excluding hydrogens is 426 g/mol. The lowest BCUT2D eigenvalue weighted by Crippen LogP contribution is -2.36. The molecule has 2 aromatic carbocycles. The molecule has 0 unspecified atom stereocenters. The number of nitrogens with zero attached hydrogens (tertiary/aromatic N) is 1. The van der Waals surface area contributed by atoms with Gasteiger partial charge in [-0.05, 0) is 60.9 Å². The predicted octanol–water partition coefficient (Wildman–Crippen LogP) is 2.54. The largest absolute Gasteiger partial charge is 0.326 e. The molecular formula is C20H25N3O5S2. The maximum absolute atomic E-state index is 12.7. The molecule has 0 radical (unpaired) electrons. The number of amides is 1. The van der Waals surface area contributed by atoms with E-state index in [0.717, 1.165) is 11.1 Å². The van der Waals surface area contributed by atoms with Crippen molar-refractivity contribution in [2.45, 2.75) is 38.1 Å². The number of carbonyl (C=O) groups is 1. The topological polar surface area (TPSA) is 113 Å². The molecule has 1 amide bonds. The molecule has 0 fully saturated rings. The summed E-state index contributed by atoms with van der Waals surface area (Å²) < 4.78 is 53.7. The van der Waals surface area contributed by atoms with Crippen molar-refractivity contribution in [1.29, 1.82) is 0 Å². The molecule has 1 aliphatic heterocycles. The normalized spacial score (nSPS) is 14.7. The molecule has 0 aliphatic carbocycles. The van der Waals surface area contributed by atoms with Crippen molar-refractivity contribution in [1.82, 2.24) is 4.31 Å². The van der Waals surface area contributed by atoms with Gasteiger partial charge in [0.25, 0.3) is 10.0 Å². The lowest BCUT2D eigenvalue weighted by atomic mass is 10.0. The maximum atomic E-state index is 12.7. The van der Waals surface area contributed by atoms with E-state index in [0.29, 0.717) is 30.8 Å². The van der Waals surface area contributed by atoms with Crippen LogP contribution in [0, 0.1) is 0 Å². The molecule has 1 aliphatic rings. The van der Waals surface area contributed by atoms with Gasteiger partial charge in [-0.1, -0.05) is 13.0 Å². The van der Waals surface area contributed by atoms with Crippen LogP contribution in [0.15, 0.2) is 47.4 Å². The lowest BCUT2D eigenvalue weighted by molar-refractivity contribution is -0.115. The minimum Gasteiger partial charge on any atom is -0.326 e. The van der Waals surface area contributed by atoms with Gasteiger partial charge in [-0.2, -0.15) is 4.31 Å². The van der Waals surface area contributed by atoms with Crippen LogP contribution >= 0.6 is 0 Å². The standard InChI is InChI=1S/C20H25N3O5S2/c1-3-20(24)21-17-7-9-19(10-8-17)30(27,28)22-18-6-5-15-11-12-23(14-16(15)13-18)29(25,26)4-2/h5-10,13,22H,3-4,11-12,14H2,1-2H3,(H,21,24). The first kappa shape index (κ1) is 22.3. The number of nitrogens with one attached hydrogen (secondary N) is 2. The van der Waals surface area contributed by atoms with E-state index < -0.39 is 20.0 Å². The number of rotatable bonds is 7. The van der Waals surface area contributed by atoms with Crippen LogP contribution in [0.1, 0.15) is 31.4 Å². The van der Waals surface area contributed by atoms with E-state index in [1.165, 1.54) is 28.6 Å². The van der Waals surface area contributed by atoms with Crippen LogP contribution in [-0.2, 0) is 37.8 Å². The Kier molecular flexibility index (Phi) is 6.49. The molecule has 3 rings (SSSR count). The first-order valence-electron chi connectivity index (χ1n) is 9.67. The molecule has 0 saturated heterocycles. The lowest BCUT2D eigenvalue weighted by Gasteiger charge is -2.28. The third-order valence-electron chi connectivity index (χ3n) is 4.96. The van der Waals surface area contributed by atoms with Crippen molar-refractivity contribution in [2.24, 2.45) is 0 Å². The number of hydrogen-bond donors (Lipinski definition) is 2. The molecule has 0 atom stereocenters. The maximum Gasteiger partial charge on any atom is 0.261 e. The van der Waals surface area contributed by atoms with E-state index in [2.05, 4.69) is 10.0 Å². The van der Waals surface area contributed by atoms with Gasteiger partial charge in [0.2, 0.25) is 15.9 Å². The average Bonchev–Trinajstić information content (AvgIpc) is 2.73. The van der Waals surface area contributed by atoms with Gasteiger partial charge in [0, 0.05) is 30.9 Å². The van der Waals surface area contributed by atoms with Gasteiger partial charge in [-0.3, -0.25) is 9.52 Å². The minimum absolute atomic E-state index is 0.0311. The zero-order valence-corrected chi connectivity index (χ0v) is 18.5. The van der Waals surface area contributed by atoms with Crippen LogP contribution in [0.5, 0.6) is 0 Å². The summed E-state index contributed by atoms with van der Waals surface area (Å²) in [6.07, 6.45) is 0.920. The highest BCUT2D eigenvalue weighted by Gasteiger charge is 2.25. The molecule has 162 valence electrons. The fourth-order valence-corrected chi connectivity index (χ4v) is 5.32. The van der Waals surface area contributed by atoms with E-state index in [1.807, 2.05) is 6.07 Å². The van der Waals surface area contributed by atoms with Gasteiger partial charge < -0.3 is 5.32 Å². The number of benzene rings is 2. The van der Waals surface area contributed by atoms with Gasteiger partial charge in [0.15, 0.2) is 0 Å². The minimum atomic E-state index is -3.83. The van der Waals surface area contributed by atoms with E-state index in [-0.39, 0.29) is 23.1 Å². The average molecular weight is 452 g/mol. The van der Waals surface area contributed by atoms with Crippen LogP contribution < -0.4 is 10.0 Å². The molecule has 0 saturated carbocycles. The van der Waals surface area contributed by atoms with Crippen molar-refractivity contribution >= 4 is 37.3 Å².